The van der Waals surface area contributed by atoms with E-state index in [-0.39, 0.29) is 10.7 Å². The number of hydrogen-bond acceptors (Lipinski definition) is 5. The van der Waals surface area contributed by atoms with Gasteiger partial charge in [-0.2, -0.15) is 0 Å². The number of ether oxygens (including phenoxy) is 1. The summed E-state index contributed by atoms with van der Waals surface area (Å²) in [5.74, 6) is 0.530. The van der Waals surface area contributed by atoms with E-state index in [1.165, 1.54) is 6.20 Å². The van der Waals surface area contributed by atoms with Crippen molar-refractivity contribution < 1.29 is 9.53 Å². The van der Waals surface area contributed by atoms with Gasteiger partial charge in [-0.25, -0.2) is 14.8 Å². The molecule has 1 aromatic carbocycles. The molecule has 0 saturated carbocycles. The molecule has 0 unspecified atom stereocenters. The highest BCUT2D eigenvalue weighted by atomic mass is 35.5. The maximum Gasteiger partial charge on any atom is 0.364 e. The first kappa shape index (κ1) is 16.7. The van der Waals surface area contributed by atoms with Crippen molar-refractivity contribution in [3.63, 3.8) is 0 Å². The molecule has 0 aliphatic carbocycles. The van der Waals surface area contributed by atoms with Gasteiger partial charge in [0.25, 0.3) is 0 Å². The van der Waals surface area contributed by atoms with Crippen molar-refractivity contribution in [3.8, 4) is 5.75 Å². The Morgan fingerprint density at radius 2 is 1.79 bits per heavy atom. The zero-order chi connectivity index (χ0) is 17.3. The SMILES string of the molecule is Cc1cc(C)c(OC(=O)c2nc(N3CCCC3)ncc2Cl)c(C)c1. The van der Waals surface area contributed by atoms with E-state index in [0.29, 0.717) is 11.7 Å². The first-order valence-electron chi connectivity index (χ1n) is 8.03. The van der Waals surface area contributed by atoms with E-state index < -0.39 is 5.97 Å². The lowest BCUT2D eigenvalue weighted by molar-refractivity contribution is 0.0726. The monoisotopic (exact) mass is 345 g/mol. The third-order valence-electron chi connectivity index (χ3n) is 4.11. The molecule has 1 aliphatic rings. The van der Waals surface area contributed by atoms with Crippen LogP contribution >= 0.6 is 11.6 Å². The second-order valence-electron chi connectivity index (χ2n) is 6.18. The van der Waals surface area contributed by atoms with Crippen molar-refractivity contribution >= 4 is 23.5 Å². The van der Waals surface area contributed by atoms with E-state index in [9.17, 15) is 4.79 Å². The second-order valence-corrected chi connectivity index (χ2v) is 6.59. The second kappa shape index (κ2) is 6.77. The van der Waals surface area contributed by atoms with Gasteiger partial charge in [0.2, 0.25) is 5.95 Å². The summed E-state index contributed by atoms with van der Waals surface area (Å²) >= 11 is 6.12. The number of benzene rings is 1. The number of carbonyl (C=O) groups is 1. The molecular weight excluding hydrogens is 326 g/mol. The zero-order valence-corrected chi connectivity index (χ0v) is 14.9. The van der Waals surface area contributed by atoms with Gasteiger partial charge < -0.3 is 9.64 Å². The zero-order valence-electron chi connectivity index (χ0n) is 14.1. The van der Waals surface area contributed by atoms with E-state index >= 15 is 0 Å². The number of aryl methyl sites for hydroxylation is 3. The van der Waals surface area contributed by atoms with E-state index in [1.54, 1.807) is 0 Å². The molecule has 1 fully saturated rings. The van der Waals surface area contributed by atoms with Gasteiger partial charge in [-0.15, -0.1) is 0 Å². The fourth-order valence-corrected chi connectivity index (χ4v) is 3.21. The van der Waals surface area contributed by atoms with E-state index in [0.717, 1.165) is 42.6 Å². The van der Waals surface area contributed by atoms with E-state index in [4.69, 9.17) is 16.3 Å². The summed E-state index contributed by atoms with van der Waals surface area (Å²) in [6, 6.07) is 3.96. The summed E-state index contributed by atoms with van der Waals surface area (Å²) in [6.07, 6.45) is 3.68. The highest BCUT2D eigenvalue weighted by Gasteiger charge is 2.22. The molecule has 24 heavy (non-hydrogen) atoms. The third kappa shape index (κ3) is 3.36. The van der Waals surface area contributed by atoms with Gasteiger partial charge >= 0.3 is 5.97 Å². The number of carbonyl (C=O) groups excluding carboxylic acids is 1. The maximum atomic E-state index is 12.6. The lowest BCUT2D eigenvalue weighted by Crippen LogP contribution is -2.22. The predicted octanol–water partition coefficient (Wildman–Crippen LogP) is 3.87. The van der Waals surface area contributed by atoms with Crippen LogP contribution in [0.1, 0.15) is 40.0 Å². The molecule has 0 amide bonds. The number of aromatic nitrogens is 2. The largest absolute Gasteiger partial charge is 0.421 e. The highest BCUT2D eigenvalue weighted by Crippen LogP contribution is 2.27. The van der Waals surface area contributed by atoms with Crippen molar-refractivity contribution in [2.45, 2.75) is 33.6 Å². The number of hydrogen-bond donors (Lipinski definition) is 0. The Hall–Kier alpha value is -2.14. The minimum atomic E-state index is -0.557. The van der Waals surface area contributed by atoms with Crippen LogP contribution < -0.4 is 9.64 Å². The molecule has 2 heterocycles. The summed E-state index contributed by atoms with van der Waals surface area (Å²) in [5.41, 5.74) is 3.05. The quantitative estimate of drug-likeness (QED) is 0.624. The van der Waals surface area contributed by atoms with Gasteiger partial charge in [-0.3, -0.25) is 0 Å². The highest BCUT2D eigenvalue weighted by molar-refractivity contribution is 6.33. The van der Waals surface area contributed by atoms with Crippen molar-refractivity contribution in [2.24, 2.45) is 0 Å². The Balaban J connectivity index is 1.88. The van der Waals surface area contributed by atoms with Crippen LogP contribution in [0.3, 0.4) is 0 Å². The van der Waals surface area contributed by atoms with Crippen LogP contribution in [0.4, 0.5) is 5.95 Å². The Labute approximate surface area is 146 Å². The summed E-state index contributed by atoms with van der Waals surface area (Å²) in [4.78, 5) is 23.2. The number of anilines is 1. The smallest absolute Gasteiger partial charge is 0.364 e. The number of nitrogens with zero attached hydrogens (tertiary/aromatic N) is 3. The average molecular weight is 346 g/mol. The summed E-state index contributed by atoms with van der Waals surface area (Å²) in [7, 11) is 0. The van der Waals surface area contributed by atoms with Crippen LogP contribution in [-0.4, -0.2) is 29.0 Å². The van der Waals surface area contributed by atoms with Gasteiger partial charge in [0.1, 0.15) is 5.75 Å². The van der Waals surface area contributed by atoms with Gasteiger partial charge in [0.15, 0.2) is 5.69 Å². The van der Waals surface area contributed by atoms with Gasteiger partial charge in [0, 0.05) is 13.1 Å². The molecule has 126 valence electrons. The van der Waals surface area contributed by atoms with Crippen molar-refractivity contribution in [1.29, 1.82) is 0 Å². The first-order chi connectivity index (χ1) is 11.5. The fourth-order valence-electron chi connectivity index (χ4n) is 3.04. The topological polar surface area (TPSA) is 55.3 Å². The standard InChI is InChI=1S/C18H20ClN3O2/c1-11-8-12(2)16(13(3)9-11)24-17(23)15-14(19)10-20-18(21-15)22-6-4-5-7-22/h8-10H,4-7H2,1-3H3. The summed E-state index contributed by atoms with van der Waals surface area (Å²) in [6.45, 7) is 7.63. The van der Waals surface area contributed by atoms with Gasteiger partial charge in [0.05, 0.1) is 11.2 Å². The van der Waals surface area contributed by atoms with Crippen LogP contribution in [0, 0.1) is 20.8 Å². The Kier molecular flexibility index (Phi) is 4.71. The van der Waals surface area contributed by atoms with Crippen LogP contribution in [-0.2, 0) is 0 Å². The molecule has 1 saturated heterocycles. The molecule has 2 aromatic rings. The molecule has 3 rings (SSSR count). The number of rotatable bonds is 3. The maximum absolute atomic E-state index is 12.6. The molecule has 0 bridgehead atoms. The van der Waals surface area contributed by atoms with Crippen LogP contribution in [0.25, 0.3) is 0 Å². The lowest BCUT2D eigenvalue weighted by Gasteiger charge is -2.16. The van der Waals surface area contributed by atoms with Crippen LogP contribution in [0.15, 0.2) is 18.3 Å². The van der Waals surface area contributed by atoms with E-state index in [2.05, 4.69) is 14.9 Å². The Morgan fingerprint density at radius 1 is 1.17 bits per heavy atom. The molecule has 0 atom stereocenters. The first-order valence-corrected chi connectivity index (χ1v) is 8.41. The minimum Gasteiger partial charge on any atom is -0.421 e. The number of halogens is 1. The minimum absolute atomic E-state index is 0.105. The molecule has 0 spiro atoms. The van der Waals surface area contributed by atoms with Crippen LogP contribution in [0.2, 0.25) is 5.02 Å². The Morgan fingerprint density at radius 3 is 2.42 bits per heavy atom. The molecular formula is C18H20ClN3O2. The fraction of sp³-hybridized carbons (Fsp3) is 0.389. The van der Waals surface area contributed by atoms with Crippen molar-refractivity contribution in [2.75, 3.05) is 18.0 Å². The summed E-state index contributed by atoms with van der Waals surface area (Å²) in [5, 5.41) is 0.199. The molecule has 1 aromatic heterocycles. The summed E-state index contributed by atoms with van der Waals surface area (Å²) < 4.78 is 5.58. The third-order valence-corrected chi connectivity index (χ3v) is 4.39. The van der Waals surface area contributed by atoms with Gasteiger partial charge in [-0.05, 0) is 44.7 Å². The number of esters is 1. The average Bonchev–Trinajstić information content (AvgIpc) is 3.05. The predicted molar refractivity (Wildman–Crippen MR) is 94.1 cm³/mol. The lowest BCUT2D eigenvalue weighted by atomic mass is 10.1. The molecule has 0 N–H and O–H groups in total. The molecule has 5 nitrogen and oxygen atoms in total. The van der Waals surface area contributed by atoms with Crippen LogP contribution in [0.5, 0.6) is 5.75 Å². The normalized spacial score (nSPS) is 14.1. The van der Waals surface area contributed by atoms with Gasteiger partial charge in [-0.1, -0.05) is 29.3 Å². The molecule has 0 radical (unpaired) electrons. The van der Waals surface area contributed by atoms with E-state index in [1.807, 2.05) is 32.9 Å². The van der Waals surface area contributed by atoms with Crippen molar-refractivity contribution in [1.82, 2.24) is 9.97 Å². The molecule has 1 aliphatic heterocycles. The Bertz CT molecular complexity index is 763. The molecule has 6 heteroatoms. The van der Waals surface area contributed by atoms with Crippen molar-refractivity contribution in [3.05, 3.63) is 45.7 Å².